The molecular formula is C13H14BrClN2O. The summed E-state index contributed by atoms with van der Waals surface area (Å²) in [6, 6.07) is 7.61. The first-order valence-corrected chi connectivity index (χ1v) is 6.91. The maximum Gasteiger partial charge on any atom is 0.126 e. The molecule has 0 bridgehead atoms. The fourth-order valence-corrected chi connectivity index (χ4v) is 2.32. The van der Waals surface area contributed by atoms with Crippen molar-refractivity contribution in [3.63, 3.8) is 0 Å². The van der Waals surface area contributed by atoms with E-state index in [2.05, 4.69) is 26.2 Å². The summed E-state index contributed by atoms with van der Waals surface area (Å²) >= 11 is 9.61. The number of aromatic nitrogens is 1. The molecule has 96 valence electrons. The highest BCUT2D eigenvalue weighted by molar-refractivity contribution is 9.10. The Morgan fingerprint density at radius 1 is 1.39 bits per heavy atom. The summed E-state index contributed by atoms with van der Waals surface area (Å²) < 4.78 is 0.977. The Morgan fingerprint density at radius 3 is 2.89 bits per heavy atom. The molecule has 3 nitrogen and oxygen atoms in total. The van der Waals surface area contributed by atoms with Gasteiger partial charge >= 0.3 is 0 Å². The summed E-state index contributed by atoms with van der Waals surface area (Å²) in [6.45, 7) is 2.45. The number of nitrogens with one attached hydrogen (secondary N) is 1. The molecule has 5 heteroatoms. The lowest BCUT2D eigenvalue weighted by Gasteiger charge is -2.09. The molecule has 1 atom stereocenters. The Balaban J connectivity index is 2.24. The fraction of sp³-hybridized carbons (Fsp3) is 0.308. The van der Waals surface area contributed by atoms with Crippen LogP contribution in [0.5, 0.6) is 0 Å². The number of pyridine rings is 1. The molecule has 18 heavy (non-hydrogen) atoms. The van der Waals surface area contributed by atoms with Crippen LogP contribution in [0.1, 0.15) is 13.3 Å². The predicted molar refractivity (Wildman–Crippen MR) is 79.2 cm³/mol. The largest absolute Gasteiger partial charge is 0.393 e. The Labute approximate surface area is 119 Å². The molecule has 1 heterocycles. The summed E-state index contributed by atoms with van der Waals surface area (Å²) in [6.07, 6.45) is 0.377. The van der Waals surface area contributed by atoms with Crippen LogP contribution < -0.4 is 5.32 Å². The van der Waals surface area contributed by atoms with E-state index in [1.54, 1.807) is 6.92 Å². The van der Waals surface area contributed by atoms with Crippen LogP contribution in [-0.4, -0.2) is 22.7 Å². The molecule has 0 radical (unpaired) electrons. The van der Waals surface area contributed by atoms with E-state index in [1.165, 1.54) is 0 Å². The van der Waals surface area contributed by atoms with Gasteiger partial charge in [0.25, 0.3) is 0 Å². The van der Waals surface area contributed by atoms with Gasteiger partial charge < -0.3 is 10.4 Å². The molecule has 2 N–H and O–H groups in total. The minimum Gasteiger partial charge on any atom is -0.393 e. The van der Waals surface area contributed by atoms with Crippen LogP contribution in [0.25, 0.3) is 10.9 Å². The van der Waals surface area contributed by atoms with Crippen LogP contribution >= 0.6 is 27.5 Å². The van der Waals surface area contributed by atoms with Crippen LogP contribution in [0.4, 0.5) is 5.82 Å². The average Bonchev–Trinajstić information content (AvgIpc) is 2.34. The van der Waals surface area contributed by atoms with Crippen molar-refractivity contribution in [2.24, 2.45) is 0 Å². The van der Waals surface area contributed by atoms with Gasteiger partial charge in [0.2, 0.25) is 0 Å². The van der Waals surface area contributed by atoms with Crippen LogP contribution in [-0.2, 0) is 0 Å². The van der Waals surface area contributed by atoms with E-state index in [-0.39, 0.29) is 6.10 Å². The molecule has 0 aliphatic carbocycles. The third-order valence-corrected chi connectivity index (χ3v) is 3.62. The lowest BCUT2D eigenvalue weighted by Crippen LogP contribution is -2.10. The molecule has 2 aromatic rings. The molecule has 0 fully saturated rings. The summed E-state index contributed by atoms with van der Waals surface area (Å²) in [7, 11) is 0. The summed E-state index contributed by atoms with van der Waals surface area (Å²) in [5.41, 5.74) is 0.771. The monoisotopic (exact) mass is 328 g/mol. The summed E-state index contributed by atoms with van der Waals surface area (Å²) in [5.74, 6) is 0.767. The van der Waals surface area contributed by atoms with Gasteiger partial charge in [-0.05, 0) is 37.6 Å². The Hall–Kier alpha value is -0.840. The van der Waals surface area contributed by atoms with Gasteiger partial charge in [-0.3, -0.25) is 0 Å². The molecule has 0 saturated heterocycles. The quantitative estimate of drug-likeness (QED) is 0.896. The number of nitrogens with zero attached hydrogens (tertiary/aromatic N) is 1. The van der Waals surface area contributed by atoms with Crippen molar-refractivity contribution in [3.8, 4) is 0 Å². The minimum atomic E-state index is -0.310. The van der Waals surface area contributed by atoms with Gasteiger partial charge in [-0.1, -0.05) is 27.5 Å². The number of anilines is 1. The zero-order valence-electron chi connectivity index (χ0n) is 9.95. The normalized spacial score (nSPS) is 12.7. The van der Waals surface area contributed by atoms with E-state index in [0.29, 0.717) is 18.0 Å². The first kappa shape index (κ1) is 13.6. The molecule has 1 aromatic heterocycles. The number of aliphatic hydroxyl groups excluding tert-OH is 1. The van der Waals surface area contributed by atoms with Crippen LogP contribution in [0, 0.1) is 0 Å². The van der Waals surface area contributed by atoms with Crippen LogP contribution in [0.3, 0.4) is 0 Å². The third-order valence-electron chi connectivity index (χ3n) is 2.62. The number of fused-ring (bicyclic) bond motifs is 1. The van der Waals surface area contributed by atoms with E-state index < -0.39 is 0 Å². The van der Waals surface area contributed by atoms with Gasteiger partial charge in [-0.2, -0.15) is 0 Å². The lowest BCUT2D eigenvalue weighted by molar-refractivity contribution is 0.188. The van der Waals surface area contributed by atoms with Crippen molar-refractivity contribution in [1.82, 2.24) is 4.98 Å². The second-order valence-corrected chi connectivity index (χ2v) is 5.45. The topological polar surface area (TPSA) is 45.1 Å². The molecule has 0 amide bonds. The van der Waals surface area contributed by atoms with E-state index in [9.17, 15) is 5.11 Å². The van der Waals surface area contributed by atoms with Crippen molar-refractivity contribution in [2.75, 3.05) is 11.9 Å². The first-order valence-electron chi connectivity index (χ1n) is 5.74. The molecule has 0 spiro atoms. The van der Waals surface area contributed by atoms with Gasteiger partial charge in [0, 0.05) is 16.4 Å². The minimum absolute atomic E-state index is 0.310. The first-order chi connectivity index (χ1) is 8.58. The average molecular weight is 330 g/mol. The molecular weight excluding hydrogens is 316 g/mol. The van der Waals surface area contributed by atoms with Crippen molar-refractivity contribution >= 4 is 44.3 Å². The highest BCUT2D eigenvalue weighted by Gasteiger charge is 2.05. The zero-order chi connectivity index (χ0) is 13.1. The van der Waals surface area contributed by atoms with Crippen LogP contribution in [0.15, 0.2) is 28.7 Å². The number of halogens is 2. The second-order valence-electron chi connectivity index (χ2n) is 4.19. The van der Waals surface area contributed by atoms with Crippen molar-refractivity contribution in [2.45, 2.75) is 19.4 Å². The summed E-state index contributed by atoms with van der Waals surface area (Å²) in [5, 5.41) is 14.0. The Bertz CT molecular complexity index is 560. The second kappa shape index (κ2) is 5.87. The number of hydrogen-bond acceptors (Lipinski definition) is 3. The highest BCUT2D eigenvalue weighted by atomic mass is 79.9. The predicted octanol–water partition coefficient (Wildman–Crippen LogP) is 3.83. The zero-order valence-corrected chi connectivity index (χ0v) is 12.3. The van der Waals surface area contributed by atoms with Gasteiger partial charge in [0.1, 0.15) is 5.82 Å². The maximum atomic E-state index is 9.19. The van der Waals surface area contributed by atoms with Gasteiger partial charge in [0.05, 0.1) is 16.6 Å². The molecule has 0 saturated carbocycles. The van der Waals surface area contributed by atoms with Crippen molar-refractivity contribution in [1.29, 1.82) is 0 Å². The third kappa shape index (κ3) is 3.13. The number of hydrogen-bond donors (Lipinski definition) is 2. The van der Waals surface area contributed by atoms with Crippen LogP contribution in [0.2, 0.25) is 5.02 Å². The van der Waals surface area contributed by atoms with E-state index in [1.807, 2.05) is 24.3 Å². The van der Waals surface area contributed by atoms with E-state index in [0.717, 1.165) is 21.2 Å². The fourth-order valence-electron chi connectivity index (χ4n) is 1.66. The maximum absolute atomic E-state index is 9.19. The smallest absolute Gasteiger partial charge is 0.126 e. The molecule has 1 aromatic carbocycles. The van der Waals surface area contributed by atoms with E-state index >= 15 is 0 Å². The molecule has 2 rings (SSSR count). The number of aliphatic hydroxyl groups is 1. The van der Waals surface area contributed by atoms with Gasteiger partial charge in [0.15, 0.2) is 0 Å². The standard InChI is InChI=1S/C13H14BrClN2O/c1-8(18)6-7-16-12-5-2-9-10(14)3-4-11(15)13(9)17-12/h2-5,8,18H,6-7H2,1H3,(H,16,17)/t8-/m0/s1. The highest BCUT2D eigenvalue weighted by Crippen LogP contribution is 2.29. The van der Waals surface area contributed by atoms with E-state index in [4.69, 9.17) is 11.6 Å². The summed E-state index contributed by atoms with van der Waals surface area (Å²) in [4.78, 5) is 4.48. The number of rotatable bonds is 4. The Morgan fingerprint density at radius 2 is 2.17 bits per heavy atom. The Kier molecular flexibility index (Phi) is 4.43. The number of benzene rings is 1. The molecule has 0 aliphatic heterocycles. The lowest BCUT2D eigenvalue weighted by atomic mass is 10.2. The van der Waals surface area contributed by atoms with Crippen molar-refractivity contribution in [3.05, 3.63) is 33.8 Å². The molecule has 0 aliphatic rings. The van der Waals surface area contributed by atoms with Crippen molar-refractivity contribution < 1.29 is 5.11 Å². The molecule has 0 unspecified atom stereocenters. The van der Waals surface area contributed by atoms with Gasteiger partial charge in [-0.15, -0.1) is 0 Å². The van der Waals surface area contributed by atoms with Gasteiger partial charge in [-0.25, -0.2) is 4.98 Å². The SMILES string of the molecule is C[C@H](O)CCNc1ccc2c(Br)ccc(Cl)c2n1.